The van der Waals surface area contributed by atoms with Crippen LogP contribution in [0, 0.1) is 25.2 Å². The maximum atomic E-state index is 10.0. The predicted molar refractivity (Wildman–Crippen MR) is 136 cm³/mol. The Morgan fingerprint density at radius 2 is 1.76 bits per heavy atom. The van der Waals surface area contributed by atoms with E-state index >= 15 is 0 Å². The highest BCUT2D eigenvalue weighted by molar-refractivity contribution is 9.10. The normalized spacial score (nSPS) is 10.9. The van der Waals surface area contributed by atoms with Gasteiger partial charge in [0.25, 0.3) is 0 Å². The van der Waals surface area contributed by atoms with E-state index in [9.17, 15) is 5.26 Å². The zero-order valence-corrected chi connectivity index (χ0v) is 20.2. The Hall–Kier alpha value is -4.22. The zero-order valence-electron chi connectivity index (χ0n) is 18.6. The average Bonchev–Trinajstić information content (AvgIpc) is 3.42. The summed E-state index contributed by atoms with van der Waals surface area (Å²) >= 11 is 3.47. The second kappa shape index (κ2) is 8.61. The van der Waals surface area contributed by atoms with Crippen LogP contribution < -0.4 is 5.73 Å². The molecular formula is C26H20BrN7. The van der Waals surface area contributed by atoms with Crippen molar-refractivity contribution in [3.05, 3.63) is 94.6 Å². The van der Waals surface area contributed by atoms with Crippen LogP contribution in [0.1, 0.15) is 17.0 Å². The summed E-state index contributed by atoms with van der Waals surface area (Å²) < 4.78 is 4.76. The first-order chi connectivity index (χ1) is 16.5. The molecule has 0 unspecified atom stereocenters. The van der Waals surface area contributed by atoms with Gasteiger partial charge in [-0.1, -0.05) is 46.3 Å². The van der Waals surface area contributed by atoms with Gasteiger partial charge in [0.2, 0.25) is 0 Å². The van der Waals surface area contributed by atoms with Gasteiger partial charge < -0.3 is 5.73 Å². The summed E-state index contributed by atoms with van der Waals surface area (Å²) in [5.41, 5.74) is 12.2. The minimum atomic E-state index is 0.178. The van der Waals surface area contributed by atoms with Crippen molar-refractivity contribution in [3.63, 3.8) is 0 Å². The topological polar surface area (TPSA) is 98.3 Å². The molecule has 7 nitrogen and oxygen atoms in total. The highest BCUT2D eigenvalue weighted by Gasteiger charge is 2.24. The molecule has 0 bridgehead atoms. The fraction of sp³-hybridized carbons (Fsp3) is 0.0769. The van der Waals surface area contributed by atoms with Gasteiger partial charge in [0, 0.05) is 27.4 Å². The van der Waals surface area contributed by atoms with E-state index in [-0.39, 0.29) is 5.82 Å². The van der Waals surface area contributed by atoms with Crippen molar-refractivity contribution in [1.29, 1.82) is 5.26 Å². The third-order valence-corrected chi connectivity index (χ3v) is 6.09. The molecular weight excluding hydrogens is 490 g/mol. The van der Waals surface area contributed by atoms with Gasteiger partial charge in [0.05, 0.1) is 22.8 Å². The molecule has 3 aromatic heterocycles. The summed E-state index contributed by atoms with van der Waals surface area (Å²) in [6.45, 7) is 3.86. The highest BCUT2D eigenvalue weighted by atomic mass is 79.9. The summed E-state index contributed by atoms with van der Waals surface area (Å²) in [6.07, 6.45) is 3.69. The largest absolute Gasteiger partial charge is 0.383 e. The summed E-state index contributed by atoms with van der Waals surface area (Å²) in [5.74, 6) is 0.950. The molecule has 166 valence electrons. The molecule has 5 rings (SSSR count). The predicted octanol–water partition coefficient (Wildman–Crippen LogP) is 5.62. The number of rotatable bonds is 4. The second-order valence-electron chi connectivity index (χ2n) is 7.89. The third-order valence-electron chi connectivity index (χ3n) is 5.56. The number of halogens is 1. The molecule has 0 aliphatic carbocycles. The Morgan fingerprint density at radius 3 is 2.41 bits per heavy atom. The summed E-state index contributed by atoms with van der Waals surface area (Å²) in [7, 11) is 0. The van der Waals surface area contributed by atoms with Crippen LogP contribution in [0.3, 0.4) is 0 Å². The van der Waals surface area contributed by atoms with Gasteiger partial charge in [-0.25, -0.2) is 14.6 Å². The fourth-order valence-corrected chi connectivity index (χ4v) is 4.27. The summed E-state index contributed by atoms with van der Waals surface area (Å²) in [4.78, 5) is 8.95. The lowest BCUT2D eigenvalue weighted by atomic mass is 9.98. The van der Waals surface area contributed by atoms with Gasteiger partial charge >= 0.3 is 0 Å². The Labute approximate surface area is 205 Å². The van der Waals surface area contributed by atoms with E-state index in [1.54, 1.807) is 6.33 Å². The fourth-order valence-electron chi connectivity index (χ4n) is 4.00. The minimum absolute atomic E-state index is 0.178. The molecule has 3 heterocycles. The first-order valence-electron chi connectivity index (χ1n) is 10.6. The number of pyridine rings is 1. The van der Waals surface area contributed by atoms with Crippen LogP contribution in [0.15, 0.2) is 77.7 Å². The van der Waals surface area contributed by atoms with E-state index in [0.717, 1.165) is 38.5 Å². The second-order valence-corrected chi connectivity index (χ2v) is 8.80. The van der Waals surface area contributed by atoms with Gasteiger partial charge in [0.15, 0.2) is 0 Å². The molecule has 0 atom stereocenters. The molecule has 0 fully saturated rings. The molecule has 0 spiro atoms. The monoisotopic (exact) mass is 509 g/mol. The molecule has 0 aliphatic rings. The molecule has 0 saturated carbocycles. The van der Waals surface area contributed by atoms with Crippen LogP contribution in [-0.4, -0.2) is 24.3 Å². The maximum Gasteiger partial charge on any atom is 0.149 e. The van der Waals surface area contributed by atoms with Crippen LogP contribution in [0.25, 0.3) is 33.9 Å². The lowest BCUT2D eigenvalue weighted by Gasteiger charge is -2.14. The number of aromatic nitrogens is 5. The van der Waals surface area contributed by atoms with Gasteiger partial charge in [-0.15, -0.1) is 0 Å². The molecule has 8 heteroatoms. The number of nitrogens with two attached hydrogens (primary N) is 1. The van der Waals surface area contributed by atoms with Crippen molar-refractivity contribution in [1.82, 2.24) is 24.3 Å². The first kappa shape index (κ1) is 21.6. The average molecular weight is 510 g/mol. The standard InChI is InChI=1S/C26H20BrN7/c1-16-14-33(15-30-16)26-24(17(2)32-34(26)20-6-4-3-5-7-20)21-12-23(31-25(29)22(21)13-28)18-8-10-19(27)11-9-18/h3-12,14-15H,1-2H3,(H2,29,31). The molecule has 2 aromatic carbocycles. The Balaban J connectivity index is 1.83. The number of benzene rings is 2. The maximum absolute atomic E-state index is 10.0. The SMILES string of the molecule is Cc1cn(-c2c(-c3cc(-c4ccc(Br)cc4)nc(N)c3C#N)c(C)nn2-c2ccccc2)cn1. The van der Waals surface area contributed by atoms with Crippen molar-refractivity contribution in [3.8, 4) is 40.0 Å². The van der Waals surface area contributed by atoms with Crippen LogP contribution in [0.5, 0.6) is 0 Å². The number of nitrogen functional groups attached to an aromatic ring is 1. The molecule has 2 N–H and O–H groups in total. The van der Waals surface area contributed by atoms with Crippen molar-refractivity contribution in [2.24, 2.45) is 0 Å². The molecule has 0 radical (unpaired) electrons. The highest BCUT2D eigenvalue weighted by Crippen LogP contribution is 2.38. The number of hydrogen-bond donors (Lipinski definition) is 1. The number of para-hydroxylation sites is 1. The number of nitrogens with zero attached hydrogens (tertiary/aromatic N) is 6. The van der Waals surface area contributed by atoms with Crippen molar-refractivity contribution < 1.29 is 0 Å². The van der Waals surface area contributed by atoms with Crippen LogP contribution in [-0.2, 0) is 0 Å². The van der Waals surface area contributed by atoms with Gasteiger partial charge in [0.1, 0.15) is 29.6 Å². The molecule has 5 aromatic rings. The molecule has 0 aliphatic heterocycles. The zero-order chi connectivity index (χ0) is 23.8. The number of imidazole rings is 1. The lowest BCUT2D eigenvalue weighted by Crippen LogP contribution is -2.06. The van der Waals surface area contributed by atoms with E-state index in [4.69, 9.17) is 10.8 Å². The van der Waals surface area contributed by atoms with E-state index in [1.807, 2.05) is 90.0 Å². The van der Waals surface area contributed by atoms with Crippen molar-refractivity contribution in [2.75, 3.05) is 5.73 Å². The smallest absolute Gasteiger partial charge is 0.149 e. The lowest BCUT2D eigenvalue weighted by molar-refractivity contribution is 0.811. The van der Waals surface area contributed by atoms with Crippen LogP contribution in [0.4, 0.5) is 5.82 Å². The van der Waals surface area contributed by atoms with E-state index in [0.29, 0.717) is 16.8 Å². The quantitative estimate of drug-likeness (QED) is 0.339. The minimum Gasteiger partial charge on any atom is -0.383 e. The Kier molecular flexibility index (Phi) is 5.48. The van der Waals surface area contributed by atoms with Crippen LogP contribution in [0.2, 0.25) is 0 Å². The van der Waals surface area contributed by atoms with E-state index < -0.39 is 0 Å². The summed E-state index contributed by atoms with van der Waals surface area (Å²) in [5, 5.41) is 14.9. The Bertz CT molecular complexity index is 1540. The van der Waals surface area contributed by atoms with E-state index in [2.05, 4.69) is 32.0 Å². The van der Waals surface area contributed by atoms with Crippen molar-refractivity contribution in [2.45, 2.75) is 13.8 Å². The molecule has 34 heavy (non-hydrogen) atoms. The Morgan fingerprint density at radius 1 is 1.03 bits per heavy atom. The molecule has 0 amide bonds. The van der Waals surface area contributed by atoms with Gasteiger partial charge in [-0.05, 0) is 44.2 Å². The van der Waals surface area contributed by atoms with Gasteiger partial charge in [-0.3, -0.25) is 4.57 Å². The summed E-state index contributed by atoms with van der Waals surface area (Å²) in [6, 6.07) is 21.8. The van der Waals surface area contributed by atoms with Crippen LogP contribution >= 0.6 is 15.9 Å². The van der Waals surface area contributed by atoms with Gasteiger partial charge in [-0.2, -0.15) is 10.4 Å². The van der Waals surface area contributed by atoms with E-state index in [1.165, 1.54) is 0 Å². The number of anilines is 1. The number of aryl methyl sites for hydroxylation is 2. The number of hydrogen-bond acceptors (Lipinski definition) is 5. The van der Waals surface area contributed by atoms with Crippen molar-refractivity contribution >= 4 is 21.7 Å². The number of nitriles is 1. The molecule has 0 saturated heterocycles. The first-order valence-corrected chi connectivity index (χ1v) is 11.4. The third kappa shape index (κ3) is 3.76.